The van der Waals surface area contributed by atoms with E-state index in [4.69, 9.17) is 0 Å². The normalized spacial score (nSPS) is 10.6. The fourth-order valence-electron chi connectivity index (χ4n) is 2.39. The van der Waals surface area contributed by atoms with Gasteiger partial charge in [0.25, 0.3) is 5.91 Å². The molecule has 118 valence electrons. The largest absolute Gasteiger partial charge is 0.352 e. The molecule has 0 radical (unpaired) electrons. The SMILES string of the molecule is CCCCCCCCCCNC(=O)c1cc(Br)ccc1C. The number of carbonyl (C=O) groups excluding carboxylic acids is 1. The molecule has 0 atom stereocenters. The monoisotopic (exact) mass is 353 g/mol. The second-order valence-electron chi connectivity index (χ2n) is 5.69. The zero-order valence-electron chi connectivity index (χ0n) is 13.4. The van der Waals surface area contributed by atoms with Crippen LogP contribution in [0.25, 0.3) is 0 Å². The molecule has 0 aliphatic heterocycles. The quantitative estimate of drug-likeness (QED) is 0.542. The van der Waals surface area contributed by atoms with Gasteiger partial charge in [-0.25, -0.2) is 0 Å². The van der Waals surface area contributed by atoms with Gasteiger partial charge in [-0.05, 0) is 31.0 Å². The third-order valence-corrected chi connectivity index (χ3v) is 4.25. The summed E-state index contributed by atoms with van der Waals surface area (Å²) < 4.78 is 0.949. The Morgan fingerprint density at radius 2 is 1.67 bits per heavy atom. The van der Waals surface area contributed by atoms with Crippen LogP contribution in [0.2, 0.25) is 0 Å². The zero-order valence-corrected chi connectivity index (χ0v) is 15.0. The maximum atomic E-state index is 12.1. The van der Waals surface area contributed by atoms with Crippen molar-refractivity contribution >= 4 is 21.8 Å². The van der Waals surface area contributed by atoms with Gasteiger partial charge in [0.1, 0.15) is 0 Å². The van der Waals surface area contributed by atoms with E-state index in [0.29, 0.717) is 0 Å². The maximum absolute atomic E-state index is 12.1. The second-order valence-corrected chi connectivity index (χ2v) is 6.61. The first-order valence-electron chi connectivity index (χ1n) is 8.19. The molecular weight excluding hydrogens is 326 g/mol. The lowest BCUT2D eigenvalue weighted by atomic mass is 10.1. The van der Waals surface area contributed by atoms with Gasteiger partial charge in [-0.1, -0.05) is 73.9 Å². The predicted octanol–water partition coefficient (Wildman–Crippen LogP) is 5.63. The van der Waals surface area contributed by atoms with Gasteiger partial charge in [-0.3, -0.25) is 4.79 Å². The van der Waals surface area contributed by atoms with Crippen LogP contribution in [0, 0.1) is 6.92 Å². The molecule has 1 amide bonds. The van der Waals surface area contributed by atoms with Crippen molar-refractivity contribution in [1.82, 2.24) is 5.32 Å². The molecule has 1 N–H and O–H groups in total. The lowest BCUT2D eigenvalue weighted by Crippen LogP contribution is -2.25. The summed E-state index contributed by atoms with van der Waals surface area (Å²) in [5, 5.41) is 3.02. The van der Waals surface area contributed by atoms with Gasteiger partial charge in [0.15, 0.2) is 0 Å². The number of benzene rings is 1. The summed E-state index contributed by atoms with van der Waals surface area (Å²) in [6.45, 7) is 4.99. The van der Waals surface area contributed by atoms with Crippen LogP contribution < -0.4 is 5.32 Å². The number of hydrogen-bond donors (Lipinski definition) is 1. The Bertz CT molecular complexity index is 431. The minimum atomic E-state index is 0.0387. The van der Waals surface area contributed by atoms with E-state index in [1.165, 1.54) is 44.9 Å². The Hall–Kier alpha value is -0.830. The van der Waals surface area contributed by atoms with Gasteiger partial charge < -0.3 is 5.32 Å². The maximum Gasteiger partial charge on any atom is 0.251 e. The highest BCUT2D eigenvalue weighted by Gasteiger charge is 2.08. The number of halogens is 1. The Labute approximate surface area is 137 Å². The number of carbonyl (C=O) groups is 1. The van der Waals surface area contributed by atoms with Crippen molar-refractivity contribution in [1.29, 1.82) is 0 Å². The molecule has 0 bridgehead atoms. The van der Waals surface area contributed by atoms with Gasteiger partial charge in [0, 0.05) is 16.6 Å². The second kappa shape index (κ2) is 10.8. The first-order chi connectivity index (χ1) is 10.1. The third kappa shape index (κ3) is 7.66. The van der Waals surface area contributed by atoms with E-state index in [1.54, 1.807) is 0 Å². The number of hydrogen-bond acceptors (Lipinski definition) is 1. The topological polar surface area (TPSA) is 29.1 Å². The summed E-state index contributed by atoms with van der Waals surface area (Å²) in [7, 11) is 0. The number of aryl methyl sites for hydroxylation is 1. The lowest BCUT2D eigenvalue weighted by molar-refractivity contribution is 0.0952. The Kier molecular flexibility index (Phi) is 9.40. The summed E-state index contributed by atoms with van der Waals surface area (Å²) in [4.78, 5) is 12.1. The van der Waals surface area contributed by atoms with Crippen LogP contribution in [-0.4, -0.2) is 12.5 Å². The Morgan fingerprint density at radius 1 is 1.05 bits per heavy atom. The molecule has 0 saturated heterocycles. The summed E-state index contributed by atoms with van der Waals surface area (Å²) in [5.41, 5.74) is 1.79. The van der Waals surface area contributed by atoms with Crippen LogP contribution in [-0.2, 0) is 0 Å². The van der Waals surface area contributed by atoms with Crippen LogP contribution in [0.3, 0.4) is 0 Å². The van der Waals surface area contributed by atoms with Crippen molar-refractivity contribution in [2.75, 3.05) is 6.54 Å². The van der Waals surface area contributed by atoms with Gasteiger partial charge in [0.05, 0.1) is 0 Å². The summed E-state index contributed by atoms with van der Waals surface area (Å²) in [5.74, 6) is 0.0387. The van der Waals surface area contributed by atoms with Crippen LogP contribution in [0.5, 0.6) is 0 Å². The number of nitrogens with one attached hydrogen (secondary N) is 1. The highest BCUT2D eigenvalue weighted by atomic mass is 79.9. The first-order valence-corrected chi connectivity index (χ1v) is 8.98. The molecule has 21 heavy (non-hydrogen) atoms. The predicted molar refractivity (Wildman–Crippen MR) is 93.8 cm³/mol. The van der Waals surface area contributed by atoms with E-state index < -0.39 is 0 Å². The molecule has 1 aromatic rings. The standard InChI is InChI=1S/C18H28BrNO/c1-3-4-5-6-7-8-9-10-13-20-18(21)17-14-16(19)12-11-15(17)2/h11-12,14H,3-10,13H2,1-2H3,(H,20,21). The van der Waals surface area contributed by atoms with Gasteiger partial charge in [0.2, 0.25) is 0 Å². The van der Waals surface area contributed by atoms with E-state index in [-0.39, 0.29) is 5.91 Å². The third-order valence-electron chi connectivity index (χ3n) is 3.76. The minimum Gasteiger partial charge on any atom is -0.352 e. The van der Waals surface area contributed by atoms with Crippen molar-refractivity contribution in [2.24, 2.45) is 0 Å². The van der Waals surface area contributed by atoms with Crippen LogP contribution in [0.15, 0.2) is 22.7 Å². The van der Waals surface area contributed by atoms with E-state index in [0.717, 1.165) is 28.6 Å². The molecular formula is C18H28BrNO. The van der Waals surface area contributed by atoms with Crippen molar-refractivity contribution < 1.29 is 4.79 Å². The molecule has 2 nitrogen and oxygen atoms in total. The molecule has 0 spiro atoms. The highest BCUT2D eigenvalue weighted by molar-refractivity contribution is 9.10. The number of rotatable bonds is 10. The Balaban J connectivity index is 2.12. The first kappa shape index (κ1) is 18.2. The number of unbranched alkanes of at least 4 members (excludes halogenated alkanes) is 7. The molecule has 1 aromatic carbocycles. The van der Waals surface area contributed by atoms with Crippen molar-refractivity contribution in [3.05, 3.63) is 33.8 Å². The lowest BCUT2D eigenvalue weighted by Gasteiger charge is -2.08. The molecule has 0 aromatic heterocycles. The molecule has 0 aliphatic rings. The number of amides is 1. The van der Waals surface area contributed by atoms with Crippen LogP contribution >= 0.6 is 15.9 Å². The van der Waals surface area contributed by atoms with Crippen molar-refractivity contribution in [2.45, 2.75) is 65.2 Å². The van der Waals surface area contributed by atoms with Gasteiger partial charge >= 0.3 is 0 Å². The van der Waals surface area contributed by atoms with Gasteiger partial charge in [-0.15, -0.1) is 0 Å². The van der Waals surface area contributed by atoms with E-state index in [1.807, 2.05) is 25.1 Å². The molecule has 0 unspecified atom stereocenters. The molecule has 3 heteroatoms. The average Bonchev–Trinajstić information content (AvgIpc) is 2.48. The van der Waals surface area contributed by atoms with E-state index >= 15 is 0 Å². The smallest absolute Gasteiger partial charge is 0.251 e. The van der Waals surface area contributed by atoms with E-state index in [9.17, 15) is 4.79 Å². The molecule has 0 aliphatic carbocycles. The minimum absolute atomic E-state index is 0.0387. The summed E-state index contributed by atoms with van der Waals surface area (Å²) in [6.07, 6.45) is 10.3. The Morgan fingerprint density at radius 3 is 2.33 bits per heavy atom. The fraction of sp³-hybridized carbons (Fsp3) is 0.611. The molecule has 0 heterocycles. The van der Waals surface area contributed by atoms with Crippen LogP contribution in [0.4, 0.5) is 0 Å². The van der Waals surface area contributed by atoms with Gasteiger partial charge in [-0.2, -0.15) is 0 Å². The van der Waals surface area contributed by atoms with Crippen molar-refractivity contribution in [3.63, 3.8) is 0 Å². The zero-order chi connectivity index (χ0) is 15.5. The molecule has 0 fully saturated rings. The summed E-state index contributed by atoms with van der Waals surface area (Å²) in [6, 6.07) is 5.82. The summed E-state index contributed by atoms with van der Waals surface area (Å²) >= 11 is 3.41. The molecule has 0 saturated carbocycles. The molecule has 1 rings (SSSR count). The fourth-order valence-corrected chi connectivity index (χ4v) is 2.76. The van der Waals surface area contributed by atoms with Crippen LogP contribution in [0.1, 0.15) is 74.2 Å². The highest BCUT2D eigenvalue weighted by Crippen LogP contribution is 2.16. The van der Waals surface area contributed by atoms with E-state index in [2.05, 4.69) is 28.2 Å². The average molecular weight is 354 g/mol. The van der Waals surface area contributed by atoms with Crippen molar-refractivity contribution in [3.8, 4) is 0 Å².